The van der Waals surface area contributed by atoms with Crippen LogP contribution < -0.4 is 0 Å². The van der Waals surface area contributed by atoms with Crippen LogP contribution >= 0.6 is 0 Å². The van der Waals surface area contributed by atoms with Crippen LogP contribution in [0.4, 0.5) is 0 Å². The topological polar surface area (TPSA) is 26.7 Å². The molecular formula is C15H24N2O. The standard InChI is InChI=1S/C15H24N2O/c1-14-12-16(9-10-17(14)8-5-11-18)13-15-6-3-2-4-7-15/h2-4,6-7,14,18H,5,8-13H2,1H3/t14-/m0/s1. The van der Waals surface area contributed by atoms with Crippen LogP contribution in [0.25, 0.3) is 0 Å². The maximum Gasteiger partial charge on any atom is 0.0443 e. The Kier molecular flexibility index (Phi) is 5.17. The van der Waals surface area contributed by atoms with Crippen molar-refractivity contribution in [3.63, 3.8) is 0 Å². The molecular weight excluding hydrogens is 224 g/mol. The number of nitrogens with zero attached hydrogens (tertiary/aromatic N) is 2. The molecule has 1 atom stereocenters. The molecule has 0 spiro atoms. The van der Waals surface area contributed by atoms with Crippen LogP contribution in [0, 0.1) is 0 Å². The minimum atomic E-state index is 0.303. The number of rotatable bonds is 5. The van der Waals surface area contributed by atoms with E-state index in [9.17, 15) is 0 Å². The minimum Gasteiger partial charge on any atom is -0.396 e. The summed E-state index contributed by atoms with van der Waals surface area (Å²) in [7, 11) is 0. The highest BCUT2D eigenvalue weighted by Crippen LogP contribution is 2.13. The van der Waals surface area contributed by atoms with Crippen molar-refractivity contribution >= 4 is 0 Å². The summed E-state index contributed by atoms with van der Waals surface area (Å²) in [6.45, 7) is 8.04. The number of aliphatic hydroxyl groups is 1. The molecule has 1 aliphatic rings. The Balaban J connectivity index is 1.81. The molecule has 0 radical (unpaired) electrons. The lowest BCUT2D eigenvalue weighted by Crippen LogP contribution is -2.51. The lowest BCUT2D eigenvalue weighted by atomic mass is 10.1. The Morgan fingerprint density at radius 1 is 1.22 bits per heavy atom. The summed E-state index contributed by atoms with van der Waals surface area (Å²) in [5.41, 5.74) is 1.40. The Labute approximate surface area is 110 Å². The fourth-order valence-electron chi connectivity index (χ4n) is 2.66. The Bertz CT molecular complexity index is 342. The highest BCUT2D eigenvalue weighted by atomic mass is 16.3. The largest absolute Gasteiger partial charge is 0.396 e. The van der Waals surface area contributed by atoms with E-state index >= 15 is 0 Å². The molecule has 0 amide bonds. The van der Waals surface area contributed by atoms with Crippen molar-refractivity contribution in [2.45, 2.75) is 25.9 Å². The molecule has 0 unspecified atom stereocenters. The molecule has 1 aliphatic heterocycles. The van der Waals surface area contributed by atoms with Gasteiger partial charge in [-0.15, -0.1) is 0 Å². The fourth-order valence-corrected chi connectivity index (χ4v) is 2.66. The number of hydrogen-bond donors (Lipinski definition) is 1. The summed E-state index contributed by atoms with van der Waals surface area (Å²) >= 11 is 0. The van der Waals surface area contributed by atoms with Crippen LogP contribution in [0.2, 0.25) is 0 Å². The summed E-state index contributed by atoms with van der Waals surface area (Å²) in [5, 5.41) is 8.89. The highest BCUT2D eigenvalue weighted by Gasteiger charge is 2.22. The number of piperazine rings is 1. The van der Waals surface area contributed by atoms with Gasteiger partial charge in [-0.2, -0.15) is 0 Å². The van der Waals surface area contributed by atoms with Crippen LogP contribution in [0.1, 0.15) is 18.9 Å². The first-order valence-corrected chi connectivity index (χ1v) is 6.91. The van der Waals surface area contributed by atoms with Crippen molar-refractivity contribution in [3.8, 4) is 0 Å². The molecule has 1 N–H and O–H groups in total. The van der Waals surface area contributed by atoms with Crippen molar-refractivity contribution in [1.82, 2.24) is 9.80 Å². The molecule has 0 saturated carbocycles. The third-order valence-electron chi connectivity index (χ3n) is 3.70. The summed E-state index contributed by atoms with van der Waals surface area (Å²) in [6, 6.07) is 11.3. The van der Waals surface area contributed by atoms with Crippen LogP contribution in [0.5, 0.6) is 0 Å². The van der Waals surface area contributed by atoms with Crippen LogP contribution in [0.3, 0.4) is 0 Å². The first-order chi connectivity index (χ1) is 8.79. The van der Waals surface area contributed by atoms with Crippen molar-refractivity contribution in [2.24, 2.45) is 0 Å². The number of aliphatic hydroxyl groups excluding tert-OH is 1. The molecule has 18 heavy (non-hydrogen) atoms. The average Bonchev–Trinajstić information content (AvgIpc) is 2.39. The van der Waals surface area contributed by atoms with Gasteiger partial charge in [0.25, 0.3) is 0 Å². The van der Waals surface area contributed by atoms with Gasteiger partial charge in [-0.1, -0.05) is 30.3 Å². The maximum atomic E-state index is 8.89. The van der Waals surface area contributed by atoms with Gasteiger partial charge < -0.3 is 5.11 Å². The second-order valence-electron chi connectivity index (χ2n) is 5.18. The predicted molar refractivity (Wildman–Crippen MR) is 74.5 cm³/mol. The zero-order valence-corrected chi connectivity index (χ0v) is 11.3. The van der Waals surface area contributed by atoms with Gasteiger partial charge in [-0.25, -0.2) is 0 Å². The van der Waals surface area contributed by atoms with Crippen LogP contribution in [-0.2, 0) is 6.54 Å². The first-order valence-electron chi connectivity index (χ1n) is 6.91. The second-order valence-corrected chi connectivity index (χ2v) is 5.18. The molecule has 1 aromatic rings. The summed E-state index contributed by atoms with van der Waals surface area (Å²) < 4.78 is 0. The van der Waals surface area contributed by atoms with E-state index in [-0.39, 0.29) is 0 Å². The van der Waals surface area contributed by atoms with E-state index < -0.39 is 0 Å². The molecule has 100 valence electrons. The van der Waals surface area contributed by atoms with Gasteiger partial charge in [-0.3, -0.25) is 9.80 Å². The second kappa shape index (κ2) is 6.88. The molecule has 3 heteroatoms. The van der Waals surface area contributed by atoms with Gasteiger partial charge in [0.2, 0.25) is 0 Å². The quantitative estimate of drug-likeness (QED) is 0.857. The SMILES string of the molecule is C[C@H]1CN(Cc2ccccc2)CCN1CCCO. The van der Waals surface area contributed by atoms with Gasteiger partial charge in [-0.05, 0) is 18.9 Å². The molecule has 1 heterocycles. The number of benzene rings is 1. The van der Waals surface area contributed by atoms with E-state index in [2.05, 4.69) is 47.1 Å². The zero-order chi connectivity index (χ0) is 12.8. The highest BCUT2D eigenvalue weighted by molar-refractivity contribution is 5.14. The summed E-state index contributed by atoms with van der Waals surface area (Å²) in [4.78, 5) is 5.01. The van der Waals surface area contributed by atoms with Crippen molar-refractivity contribution in [2.75, 3.05) is 32.8 Å². The van der Waals surface area contributed by atoms with Gasteiger partial charge in [0.15, 0.2) is 0 Å². The Morgan fingerprint density at radius 2 is 2.00 bits per heavy atom. The molecule has 1 aromatic carbocycles. The smallest absolute Gasteiger partial charge is 0.0443 e. The lowest BCUT2D eigenvalue weighted by molar-refractivity contribution is 0.0737. The fraction of sp³-hybridized carbons (Fsp3) is 0.600. The molecule has 0 bridgehead atoms. The summed E-state index contributed by atoms with van der Waals surface area (Å²) in [5.74, 6) is 0. The third kappa shape index (κ3) is 3.80. The van der Waals surface area contributed by atoms with Crippen molar-refractivity contribution in [1.29, 1.82) is 0 Å². The Hall–Kier alpha value is -0.900. The van der Waals surface area contributed by atoms with Crippen LogP contribution in [-0.4, -0.2) is 53.7 Å². The van der Waals surface area contributed by atoms with E-state index in [0.29, 0.717) is 12.6 Å². The first kappa shape index (κ1) is 13.5. The number of hydrogen-bond acceptors (Lipinski definition) is 3. The molecule has 3 nitrogen and oxygen atoms in total. The van der Waals surface area contributed by atoms with E-state index in [4.69, 9.17) is 5.11 Å². The van der Waals surface area contributed by atoms with Gasteiger partial charge in [0.05, 0.1) is 0 Å². The van der Waals surface area contributed by atoms with Crippen molar-refractivity contribution < 1.29 is 5.11 Å². The molecule has 1 fully saturated rings. The molecule has 0 aromatic heterocycles. The summed E-state index contributed by atoms with van der Waals surface area (Å²) in [6.07, 6.45) is 0.892. The predicted octanol–water partition coefficient (Wildman–Crippen LogP) is 1.58. The molecule has 1 saturated heterocycles. The van der Waals surface area contributed by atoms with Gasteiger partial charge in [0, 0.05) is 45.4 Å². The molecule has 0 aliphatic carbocycles. The maximum absolute atomic E-state index is 8.89. The zero-order valence-electron chi connectivity index (χ0n) is 11.3. The van der Waals surface area contributed by atoms with Gasteiger partial charge >= 0.3 is 0 Å². The Morgan fingerprint density at radius 3 is 2.67 bits per heavy atom. The van der Waals surface area contributed by atoms with E-state index in [1.165, 1.54) is 5.56 Å². The van der Waals surface area contributed by atoms with Gasteiger partial charge in [0.1, 0.15) is 0 Å². The van der Waals surface area contributed by atoms with E-state index in [0.717, 1.165) is 39.1 Å². The van der Waals surface area contributed by atoms with Crippen molar-refractivity contribution in [3.05, 3.63) is 35.9 Å². The minimum absolute atomic E-state index is 0.303. The monoisotopic (exact) mass is 248 g/mol. The average molecular weight is 248 g/mol. The molecule has 2 rings (SSSR count). The van der Waals surface area contributed by atoms with E-state index in [1.807, 2.05) is 0 Å². The van der Waals surface area contributed by atoms with Crippen LogP contribution in [0.15, 0.2) is 30.3 Å². The van der Waals surface area contributed by atoms with E-state index in [1.54, 1.807) is 0 Å². The normalized spacial score (nSPS) is 22.2. The lowest BCUT2D eigenvalue weighted by Gasteiger charge is -2.39. The third-order valence-corrected chi connectivity index (χ3v) is 3.70.